The molecule has 0 saturated carbocycles. The van der Waals surface area contributed by atoms with Crippen molar-refractivity contribution in [3.8, 4) is 11.8 Å². The first kappa shape index (κ1) is 16.6. The smallest absolute Gasteiger partial charge is 0.119 e. The Morgan fingerprint density at radius 3 is 2.12 bits per heavy atom. The highest BCUT2D eigenvalue weighted by Gasteiger charge is 1.98. The molecular formula is C22H20N2O. The summed E-state index contributed by atoms with van der Waals surface area (Å²) in [7, 11) is 0. The number of ether oxygens (including phenoxy) is 1. The van der Waals surface area contributed by atoms with Gasteiger partial charge < -0.3 is 10.1 Å². The summed E-state index contributed by atoms with van der Waals surface area (Å²) in [4.78, 5) is 0. The number of anilines is 1. The molecule has 0 aliphatic heterocycles. The van der Waals surface area contributed by atoms with Crippen LogP contribution in [-0.2, 0) is 19.6 Å². The minimum atomic E-state index is 0.449. The van der Waals surface area contributed by atoms with Crippen LogP contribution in [0, 0.1) is 11.3 Å². The van der Waals surface area contributed by atoms with Gasteiger partial charge in [0.25, 0.3) is 0 Å². The van der Waals surface area contributed by atoms with Gasteiger partial charge in [0.1, 0.15) is 12.4 Å². The summed E-state index contributed by atoms with van der Waals surface area (Å²) in [5, 5.41) is 12.1. The van der Waals surface area contributed by atoms with Crippen LogP contribution in [0.2, 0.25) is 0 Å². The molecule has 3 aromatic rings. The molecule has 3 rings (SSSR count). The summed E-state index contributed by atoms with van der Waals surface area (Å²) in [6.45, 7) is 1.32. The third kappa shape index (κ3) is 5.12. The summed E-state index contributed by atoms with van der Waals surface area (Å²) in [5.41, 5.74) is 4.43. The fraction of sp³-hybridized carbons (Fsp3) is 0.136. The first-order chi connectivity index (χ1) is 12.3. The van der Waals surface area contributed by atoms with Crippen molar-refractivity contribution in [2.45, 2.75) is 19.6 Å². The Morgan fingerprint density at radius 2 is 1.44 bits per heavy atom. The van der Waals surface area contributed by atoms with Crippen LogP contribution in [0.25, 0.3) is 0 Å². The quantitative estimate of drug-likeness (QED) is 0.668. The Morgan fingerprint density at radius 1 is 0.760 bits per heavy atom. The van der Waals surface area contributed by atoms with E-state index in [4.69, 9.17) is 10.00 Å². The van der Waals surface area contributed by atoms with E-state index in [1.807, 2.05) is 54.6 Å². The Kier molecular flexibility index (Phi) is 5.68. The van der Waals surface area contributed by atoms with Gasteiger partial charge in [0, 0.05) is 12.2 Å². The van der Waals surface area contributed by atoms with Gasteiger partial charge in [-0.15, -0.1) is 0 Å². The van der Waals surface area contributed by atoms with Crippen molar-refractivity contribution in [2.75, 3.05) is 5.32 Å². The molecule has 0 radical (unpaired) electrons. The summed E-state index contributed by atoms with van der Waals surface area (Å²) in [5.74, 6) is 0.869. The van der Waals surface area contributed by atoms with Gasteiger partial charge in [0.05, 0.1) is 12.5 Å². The molecule has 0 heterocycles. The van der Waals surface area contributed by atoms with Crippen molar-refractivity contribution in [2.24, 2.45) is 0 Å². The number of hydrogen-bond donors (Lipinski definition) is 1. The molecular weight excluding hydrogens is 308 g/mol. The van der Waals surface area contributed by atoms with E-state index in [1.165, 1.54) is 5.56 Å². The van der Waals surface area contributed by atoms with Gasteiger partial charge in [0.15, 0.2) is 0 Å². The van der Waals surface area contributed by atoms with Crippen LogP contribution in [0.4, 0.5) is 5.69 Å². The van der Waals surface area contributed by atoms with E-state index >= 15 is 0 Å². The molecule has 1 N–H and O–H groups in total. The summed E-state index contributed by atoms with van der Waals surface area (Å²) < 4.78 is 5.80. The third-order valence-electron chi connectivity index (χ3n) is 3.91. The lowest BCUT2D eigenvalue weighted by atomic mass is 10.1. The Labute approximate surface area is 148 Å². The molecule has 0 atom stereocenters. The second kappa shape index (κ2) is 8.56. The van der Waals surface area contributed by atoms with Crippen LogP contribution in [0.15, 0.2) is 78.9 Å². The van der Waals surface area contributed by atoms with Gasteiger partial charge in [-0.25, -0.2) is 0 Å². The summed E-state index contributed by atoms with van der Waals surface area (Å²) >= 11 is 0. The molecule has 3 nitrogen and oxygen atoms in total. The van der Waals surface area contributed by atoms with E-state index < -0.39 is 0 Å². The molecule has 0 spiro atoms. The molecule has 0 aromatic heterocycles. The van der Waals surface area contributed by atoms with Gasteiger partial charge in [-0.3, -0.25) is 0 Å². The van der Waals surface area contributed by atoms with Crippen molar-refractivity contribution in [3.63, 3.8) is 0 Å². The van der Waals surface area contributed by atoms with Crippen LogP contribution in [0.3, 0.4) is 0 Å². The van der Waals surface area contributed by atoms with Crippen molar-refractivity contribution in [1.29, 1.82) is 5.26 Å². The van der Waals surface area contributed by atoms with Crippen LogP contribution < -0.4 is 10.1 Å². The van der Waals surface area contributed by atoms with E-state index in [2.05, 4.69) is 35.7 Å². The molecule has 0 fully saturated rings. The first-order valence-electron chi connectivity index (χ1n) is 8.29. The molecule has 3 aromatic carbocycles. The highest BCUT2D eigenvalue weighted by molar-refractivity contribution is 5.45. The minimum Gasteiger partial charge on any atom is -0.489 e. The van der Waals surface area contributed by atoms with E-state index in [0.717, 1.165) is 29.1 Å². The second-order valence-electron chi connectivity index (χ2n) is 5.80. The van der Waals surface area contributed by atoms with E-state index in [-0.39, 0.29) is 0 Å². The maximum absolute atomic E-state index is 8.69. The maximum Gasteiger partial charge on any atom is 0.119 e. The zero-order valence-electron chi connectivity index (χ0n) is 14.0. The average Bonchev–Trinajstić information content (AvgIpc) is 2.68. The second-order valence-corrected chi connectivity index (χ2v) is 5.80. The van der Waals surface area contributed by atoms with Crippen molar-refractivity contribution < 1.29 is 4.74 Å². The zero-order valence-corrected chi connectivity index (χ0v) is 14.0. The Bertz CT molecular complexity index is 819. The minimum absolute atomic E-state index is 0.449. The first-order valence-corrected chi connectivity index (χ1v) is 8.29. The van der Waals surface area contributed by atoms with Crippen molar-refractivity contribution in [3.05, 3.63) is 95.6 Å². The maximum atomic E-state index is 8.69. The van der Waals surface area contributed by atoms with E-state index in [1.54, 1.807) is 0 Å². The highest BCUT2D eigenvalue weighted by Crippen LogP contribution is 2.16. The number of benzene rings is 3. The standard InChI is InChI=1S/C22H20N2O/c23-15-14-18-6-10-21(11-7-18)24-16-19-8-12-22(13-9-19)25-17-20-4-2-1-3-5-20/h1-13,24H,14,16-17H2. The topological polar surface area (TPSA) is 45.0 Å². The van der Waals surface area contributed by atoms with Crippen molar-refractivity contribution in [1.82, 2.24) is 0 Å². The molecule has 0 bridgehead atoms. The lowest BCUT2D eigenvalue weighted by Gasteiger charge is -2.09. The molecule has 0 unspecified atom stereocenters. The molecule has 0 aliphatic rings. The average molecular weight is 328 g/mol. The van der Waals surface area contributed by atoms with E-state index in [9.17, 15) is 0 Å². The fourth-order valence-electron chi connectivity index (χ4n) is 2.48. The normalized spacial score (nSPS) is 10.0. The lowest BCUT2D eigenvalue weighted by molar-refractivity contribution is 0.306. The number of hydrogen-bond acceptors (Lipinski definition) is 3. The van der Waals surface area contributed by atoms with Gasteiger partial charge >= 0.3 is 0 Å². The highest BCUT2D eigenvalue weighted by atomic mass is 16.5. The van der Waals surface area contributed by atoms with Crippen LogP contribution in [-0.4, -0.2) is 0 Å². The summed E-state index contributed by atoms with van der Waals surface area (Å²) in [6.07, 6.45) is 0.449. The van der Waals surface area contributed by atoms with Gasteiger partial charge in [0.2, 0.25) is 0 Å². The molecule has 3 heteroatoms. The van der Waals surface area contributed by atoms with E-state index in [0.29, 0.717) is 13.0 Å². The predicted octanol–water partition coefficient (Wildman–Crippen LogP) is 4.94. The number of nitriles is 1. The SMILES string of the molecule is N#CCc1ccc(NCc2ccc(OCc3ccccc3)cc2)cc1. The monoisotopic (exact) mass is 328 g/mol. The van der Waals surface area contributed by atoms with Crippen LogP contribution in [0.5, 0.6) is 5.75 Å². The zero-order chi connectivity index (χ0) is 17.3. The van der Waals surface area contributed by atoms with Crippen molar-refractivity contribution >= 4 is 5.69 Å². The molecule has 0 aliphatic carbocycles. The number of nitrogens with zero attached hydrogens (tertiary/aromatic N) is 1. The lowest BCUT2D eigenvalue weighted by Crippen LogP contribution is -2.00. The predicted molar refractivity (Wildman–Crippen MR) is 100 cm³/mol. The molecule has 0 amide bonds. The fourth-order valence-corrected chi connectivity index (χ4v) is 2.48. The summed E-state index contributed by atoms with van der Waals surface area (Å²) in [6, 6.07) is 28.4. The Balaban J connectivity index is 1.49. The number of rotatable bonds is 7. The molecule has 124 valence electrons. The molecule has 0 saturated heterocycles. The van der Waals surface area contributed by atoms with Gasteiger partial charge in [-0.05, 0) is 41.0 Å². The molecule has 25 heavy (non-hydrogen) atoms. The van der Waals surface area contributed by atoms with Gasteiger partial charge in [-0.2, -0.15) is 5.26 Å². The van der Waals surface area contributed by atoms with Crippen LogP contribution >= 0.6 is 0 Å². The number of nitrogens with one attached hydrogen (secondary N) is 1. The Hall–Kier alpha value is -3.25. The van der Waals surface area contributed by atoms with Gasteiger partial charge in [-0.1, -0.05) is 54.6 Å². The third-order valence-corrected chi connectivity index (χ3v) is 3.91. The largest absolute Gasteiger partial charge is 0.489 e. The van der Waals surface area contributed by atoms with Crippen LogP contribution in [0.1, 0.15) is 16.7 Å².